The molecule has 21 nitrogen and oxygen atoms in total. The van der Waals surface area contributed by atoms with Crippen LogP contribution in [0.3, 0.4) is 0 Å². The summed E-state index contributed by atoms with van der Waals surface area (Å²) in [5.74, 6) is -2.57. The van der Waals surface area contributed by atoms with Crippen molar-refractivity contribution in [1.29, 1.82) is 0 Å². The molecule has 4 rings (SSSR count). The van der Waals surface area contributed by atoms with Gasteiger partial charge in [-0.05, 0) is 0 Å². The first-order valence-electron chi connectivity index (χ1n) is 14.1. The third-order valence-electron chi connectivity index (χ3n) is 8.30. The maximum Gasteiger partial charge on any atom is 0.224 e. The molecule has 4 saturated heterocycles. The van der Waals surface area contributed by atoms with Crippen molar-refractivity contribution in [3.05, 3.63) is 0 Å². The predicted octanol–water partition coefficient (Wildman–Crippen LogP) is -9.75. The lowest BCUT2D eigenvalue weighted by atomic mass is 9.96. The van der Waals surface area contributed by atoms with E-state index in [4.69, 9.17) is 33.2 Å². The lowest BCUT2D eigenvalue weighted by Gasteiger charge is -2.50. The molecule has 0 spiro atoms. The Balaban J connectivity index is 1.72. The van der Waals surface area contributed by atoms with Crippen molar-refractivity contribution in [2.24, 2.45) is 0 Å². The summed E-state index contributed by atoms with van der Waals surface area (Å²) >= 11 is 0. The lowest BCUT2D eigenvalue weighted by molar-refractivity contribution is -0.421. The van der Waals surface area contributed by atoms with E-state index in [9.17, 15) is 71.5 Å². The van der Waals surface area contributed by atoms with Crippen LogP contribution in [0.2, 0.25) is 0 Å². The standard InChI is InChI=1S/C24H42O21/c25-1-6-10(30)14(34)16(36)21(39-6)42-18-12(32)8(3-27)41-23(45-24(5-29)20(38)13(33)9(4-28)44-24)19(18)43-22-17(37)15(35)11(31)7(2-26)40-22/h6-23,25-38H,1-5H2/t6-,7-,8-,9-,10-,11-,12-,13-,14+,15+,16-,17-,18+,19-,20+,21+,22+,23-,24+/m1/s1. The van der Waals surface area contributed by atoms with E-state index in [1.54, 1.807) is 0 Å². The van der Waals surface area contributed by atoms with Gasteiger partial charge < -0.3 is 105 Å². The van der Waals surface area contributed by atoms with Crippen molar-refractivity contribution in [2.45, 2.75) is 116 Å². The molecule has 0 aliphatic carbocycles. The second-order valence-electron chi connectivity index (χ2n) is 11.2. The molecule has 19 atom stereocenters. The Labute approximate surface area is 254 Å². The SMILES string of the molecule is OC[C@H]1O[C@@](CO)(O[C@H]2O[C@H](CO)[C@@H](O)[C@H](O[C@@H]3O[C@H](CO)[C@@H](O)[C@H](O)[C@H]3O)[C@H]2O[C@@H]2O[C@H](CO)[C@@H](O)[C@H](O)[C@H]2O)[C@@H](O)[C@@H]1O. The van der Waals surface area contributed by atoms with Gasteiger partial charge in [0.1, 0.15) is 98.2 Å². The second-order valence-corrected chi connectivity index (χ2v) is 11.2. The fraction of sp³-hybridized carbons (Fsp3) is 1.00. The summed E-state index contributed by atoms with van der Waals surface area (Å²) in [4.78, 5) is 0. The van der Waals surface area contributed by atoms with Crippen LogP contribution in [0.15, 0.2) is 0 Å². The minimum atomic E-state index is -2.57. The van der Waals surface area contributed by atoms with Crippen LogP contribution in [-0.2, 0) is 33.2 Å². The highest BCUT2D eigenvalue weighted by molar-refractivity contribution is 5.00. The van der Waals surface area contributed by atoms with Crippen LogP contribution in [0.5, 0.6) is 0 Å². The second kappa shape index (κ2) is 15.1. The van der Waals surface area contributed by atoms with Gasteiger partial charge in [-0.15, -0.1) is 0 Å². The molecular weight excluding hydrogens is 624 g/mol. The summed E-state index contributed by atoms with van der Waals surface area (Å²) in [5, 5.41) is 143. The molecule has 0 amide bonds. The van der Waals surface area contributed by atoms with E-state index in [-0.39, 0.29) is 0 Å². The van der Waals surface area contributed by atoms with Gasteiger partial charge in [0, 0.05) is 0 Å². The first kappa shape index (κ1) is 37.0. The maximum absolute atomic E-state index is 11.1. The molecule has 0 unspecified atom stereocenters. The smallest absolute Gasteiger partial charge is 0.224 e. The topological polar surface area (TPSA) is 348 Å². The molecule has 4 heterocycles. The first-order valence-corrected chi connectivity index (χ1v) is 14.1. The fourth-order valence-electron chi connectivity index (χ4n) is 5.57. The molecule has 4 aliphatic rings. The Bertz CT molecular complexity index is 929. The number of hydrogen-bond donors (Lipinski definition) is 14. The highest BCUT2D eigenvalue weighted by atomic mass is 16.8. The van der Waals surface area contributed by atoms with Crippen molar-refractivity contribution in [3.63, 3.8) is 0 Å². The van der Waals surface area contributed by atoms with Gasteiger partial charge in [0.25, 0.3) is 0 Å². The molecular formula is C24H42O21. The molecule has 0 aromatic rings. The van der Waals surface area contributed by atoms with Crippen molar-refractivity contribution < 1.29 is 105 Å². The molecule has 264 valence electrons. The van der Waals surface area contributed by atoms with Crippen molar-refractivity contribution in [1.82, 2.24) is 0 Å². The van der Waals surface area contributed by atoms with E-state index in [1.807, 2.05) is 0 Å². The zero-order chi connectivity index (χ0) is 33.4. The normalized spacial score (nSPS) is 52.7. The quantitative estimate of drug-likeness (QED) is 0.0973. The Morgan fingerprint density at radius 2 is 0.867 bits per heavy atom. The van der Waals surface area contributed by atoms with Crippen LogP contribution >= 0.6 is 0 Å². The average Bonchev–Trinajstić information content (AvgIpc) is 3.28. The van der Waals surface area contributed by atoms with Gasteiger partial charge in [0.05, 0.1) is 26.4 Å². The van der Waals surface area contributed by atoms with E-state index in [0.29, 0.717) is 0 Å². The Morgan fingerprint density at radius 1 is 0.444 bits per heavy atom. The largest absolute Gasteiger partial charge is 0.394 e. The van der Waals surface area contributed by atoms with Gasteiger partial charge in [-0.3, -0.25) is 0 Å². The van der Waals surface area contributed by atoms with Gasteiger partial charge in [-0.2, -0.15) is 0 Å². The molecule has 4 aliphatic heterocycles. The molecule has 21 heteroatoms. The van der Waals surface area contributed by atoms with Crippen LogP contribution in [0.4, 0.5) is 0 Å². The zero-order valence-corrected chi connectivity index (χ0v) is 23.5. The molecule has 0 aromatic heterocycles. The summed E-state index contributed by atoms with van der Waals surface area (Å²) in [6.07, 6.45) is -33.4. The minimum Gasteiger partial charge on any atom is -0.394 e. The molecule has 45 heavy (non-hydrogen) atoms. The Kier molecular flexibility index (Phi) is 12.5. The molecule has 0 radical (unpaired) electrons. The van der Waals surface area contributed by atoms with Gasteiger partial charge in [0.2, 0.25) is 5.79 Å². The summed E-state index contributed by atoms with van der Waals surface area (Å²) in [7, 11) is 0. The van der Waals surface area contributed by atoms with E-state index in [1.165, 1.54) is 0 Å². The van der Waals surface area contributed by atoms with Crippen LogP contribution in [0, 0.1) is 0 Å². The average molecular weight is 667 g/mol. The third-order valence-corrected chi connectivity index (χ3v) is 8.30. The van der Waals surface area contributed by atoms with Crippen molar-refractivity contribution in [3.8, 4) is 0 Å². The zero-order valence-electron chi connectivity index (χ0n) is 23.5. The van der Waals surface area contributed by atoms with E-state index >= 15 is 0 Å². The van der Waals surface area contributed by atoms with Gasteiger partial charge in [0.15, 0.2) is 18.9 Å². The summed E-state index contributed by atoms with van der Waals surface area (Å²) in [6, 6.07) is 0. The lowest BCUT2D eigenvalue weighted by Crippen LogP contribution is -2.68. The van der Waals surface area contributed by atoms with Crippen LogP contribution in [0.25, 0.3) is 0 Å². The monoisotopic (exact) mass is 666 g/mol. The number of hydrogen-bond acceptors (Lipinski definition) is 21. The molecule has 14 N–H and O–H groups in total. The van der Waals surface area contributed by atoms with Crippen LogP contribution in [-0.4, -0.2) is 221 Å². The van der Waals surface area contributed by atoms with E-state index in [2.05, 4.69) is 0 Å². The van der Waals surface area contributed by atoms with Gasteiger partial charge >= 0.3 is 0 Å². The van der Waals surface area contributed by atoms with Crippen LogP contribution in [0.1, 0.15) is 0 Å². The van der Waals surface area contributed by atoms with Crippen molar-refractivity contribution in [2.75, 3.05) is 33.0 Å². The highest BCUT2D eigenvalue weighted by Crippen LogP contribution is 2.39. The van der Waals surface area contributed by atoms with Crippen molar-refractivity contribution >= 4 is 0 Å². The maximum atomic E-state index is 11.1. The number of aliphatic hydroxyl groups is 14. The first-order chi connectivity index (χ1) is 21.3. The minimum absolute atomic E-state index is 0.847. The summed E-state index contributed by atoms with van der Waals surface area (Å²) in [5.41, 5.74) is 0. The van der Waals surface area contributed by atoms with Crippen LogP contribution < -0.4 is 0 Å². The van der Waals surface area contributed by atoms with Gasteiger partial charge in [-0.25, -0.2) is 0 Å². The fourth-order valence-corrected chi connectivity index (χ4v) is 5.57. The Hall–Kier alpha value is -0.840. The summed E-state index contributed by atoms with van der Waals surface area (Å²) in [6.45, 7) is -4.74. The summed E-state index contributed by atoms with van der Waals surface area (Å²) < 4.78 is 38.9. The molecule has 0 saturated carbocycles. The number of aliphatic hydroxyl groups excluding tert-OH is 14. The van der Waals surface area contributed by atoms with E-state index in [0.717, 1.165) is 0 Å². The van der Waals surface area contributed by atoms with Gasteiger partial charge in [-0.1, -0.05) is 0 Å². The van der Waals surface area contributed by atoms with E-state index < -0.39 is 149 Å². The Morgan fingerprint density at radius 3 is 1.29 bits per heavy atom. The number of ether oxygens (including phenoxy) is 7. The number of rotatable bonds is 11. The molecule has 0 bridgehead atoms. The predicted molar refractivity (Wildman–Crippen MR) is 134 cm³/mol. The molecule has 0 aromatic carbocycles. The highest BCUT2D eigenvalue weighted by Gasteiger charge is 2.60. The third kappa shape index (κ3) is 7.01. The molecule has 4 fully saturated rings.